The minimum absolute atomic E-state index is 0.0187. The quantitative estimate of drug-likeness (QED) is 0.546. The molecule has 194 valence electrons. The largest absolute Gasteiger partial charge is 0.382 e. The molecule has 1 atom stereocenters. The molecule has 37 heavy (non-hydrogen) atoms. The smallest absolute Gasteiger partial charge is 0.254 e. The summed E-state index contributed by atoms with van der Waals surface area (Å²) in [5.41, 5.74) is 9.80. The standard InChI is InChI=1S/C27H30F2N6O2/c1-15-13-35(8-9-37-15)21-5-4-17(11-19(21)14-34(2)3)23-25(29)33-26(30)24(32-23)18-10-16-6-7-31-27(36)22(16)20(28)12-18/h4-5,10-12,15H,6-9,13-14H2,1-3H3,(H2,30,33)(H,31,36)/t15-/m1/s1. The molecule has 1 amide bonds. The number of amides is 1. The Balaban J connectivity index is 1.58. The highest BCUT2D eigenvalue weighted by Crippen LogP contribution is 2.34. The number of hydrogen-bond acceptors (Lipinski definition) is 7. The van der Waals surface area contributed by atoms with Crippen LogP contribution in [0.5, 0.6) is 0 Å². The Morgan fingerprint density at radius 3 is 2.73 bits per heavy atom. The molecule has 10 heteroatoms. The Morgan fingerprint density at radius 1 is 1.16 bits per heavy atom. The number of halogens is 2. The Kier molecular flexibility index (Phi) is 6.78. The number of hydrogen-bond donors (Lipinski definition) is 2. The van der Waals surface area contributed by atoms with E-state index >= 15 is 4.39 Å². The number of carbonyl (C=O) groups is 1. The first-order chi connectivity index (χ1) is 17.7. The van der Waals surface area contributed by atoms with Crippen molar-refractivity contribution in [2.24, 2.45) is 0 Å². The Bertz CT molecular complexity index is 1360. The van der Waals surface area contributed by atoms with Crippen LogP contribution in [0, 0.1) is 11.8 Å². The van der Waals surface area contributed by atoms with Gasteiger partial charge in [-0.3, -0.25) is 4.79 Å². The lowest BCUT2D eigenvalue weighted by molar-refractivity contribution is 0.0531. The average molecular weight is 509 g/mol. The number of aromatic nitrogens is 2. The van der Waals surface area contributed by atoms with Gasteiger partial charge < -0.3 is 25.6 Å². The molecular weight excluding hydrogens is 478 g/mol. The zero-order valence-electron chi connectivity index (χ0n) is 21.1. The van der Waals surface area contributed by atoms with Crippen LogP contribution in [0.15, 0.2) is 30.3 Å². The average Bonchev–Trinajstić information content (AvgIpc) is 2.83. The van der Waals surface area contributed by atoms with Crippen molar-refractivity contribution in [2.75, 3.05) is 51.0 Å². The van der Waals surface area contributed by atoms with Crippen LogP contribution in [0.2, 0.25) is 0 Å². The number of anilines is 2. The zero-order chi connectivity index (χ0) is 26.3. The topological polar surface area (TPSA) is 96.6 Å². The molecule has 2 aromatic carbocycles. The first-order valence-electron chi connectivity index (χ1n) is 12.3. The van der Waals surface area contributed by atoms with Gasteiger partial charge in [0.25, 0.3) is 5.91 Å². The number of benzene rings is 2. The van der Waals surface area contributed by atoms with Crippen LogP contribution in [-0.2, 0) is 17.7 Å². The van der Waals surface area contributed by atoms with Crippen molar-refractivity contribution in [3.05, 3.63) is 58.8 Å². The second kappa shape index (κ2) is 10.0. The van der Waals surface area contributed by atoms with E-state index in [1.165, 1.54) is 6.07 Å². The number of ether oxygens (including phenoxy) is 1. The molecular formula is C27H30F2N6O2. The van der Waals surface area contributed by atoms with E-state index in [1.54, 1.807) is 6.07 Å². The predicted octanol–water partition coefficient (Wildman–Crippen LogP) is 3.24. The molecule has 3 heterocycles. The SMILES string of the molecule is C[C@@H]1CN(c2ccc(-c3nc(-c4cc(F)c5c(c4)CCNC5=O)c(N)nc3F)cc2CN(C)C)CCO1. The molecule has 2 aliphatic heterocycles. The van der Waals surface area contributed by atoms with Crippen LogP contribution in [-0.4, -0.2) is 67.2 Å². The first-order valence-corrected chi connectivity index (χ1v) is 12.3. The molecule has 0 aliphatic carbocycles. The number of fused-ring (bicyclic) bond motifs is 1. The summed E-state index contributed by atoms with van der Waals surface area (Å²) in [6.07, 6.45) is 0.592. The Labute approximate surface area is 214 Å². The van der Waals surface area contributed by atoms with Crippen molar-refractivity contribution in [1.29, 1.82) is 0 Å². The lowest BCUT2D eigenvalue weighted by atomic mass is 9.95. The van der Waals surface area contributed by atoms with E-state index in [1.807, 2.05) is 39.2 Å². The maximum atomic E-state index is 15.1. The van der Waals surface area contributed by atoms with Crippen LogP contribution in [0.3, 0.4) is 0 Å². The van der Waals surface area contributed by atoms with E-state index in [9.17, 15) is 9.18 Å². The fraction of sp³-hybridized carbons (Fsp3) is 0.370. The van der Waals surface area contributed by atoms with Gasteiger partial charge in [0.1, 0.15) is 17.2 Å². The second-order valence-corrected chi connectivity index (χ2v) is 9.80. The summed E-state index contributed by atoms with van der Waals surface area (Å²) >= 11 is 0. The normalized spacial score (nSPS) is 17.6. The first kappa shape index (κ1) is 25.0. The summed E-state index contributed by atoms with van der Waals surface area (Å²) in [5, 5.41) is 2.64. The highest BCUT2D eigenvalue weighted by Gasteiger charge is 2.25. The Morgan fingerprint density at radius 2 is 1.97 bits per heavy atom. The highest BCUT2D eigenvalue weighted by atomic mass is 19.1. The number of nitrogens with zero attached hydrogens (tertiary/aromatic N) is 4. The lowest BCUT2D eigenvalue weighted by Gasteiger charge is -2.34. The van der Waals surface area contributed by atoms with Gasteiger partial charge in [-0.2, -0.15) is 9.37 Å². The molecule has 0 radical (unpaired) electrons. The number of rotatable bonds is 5. The summed E-state index contributed by atoms with van der Waals surface area (Å²) in [6, 6.07) is 8.59. The molecule has 2 aliphatic rings. The fourth-order valence-corrected chi connectivity index (χ4v) is 5.02. The van der Waals surface area contributed by atoms with Crippen LogP contribution in [0.25, 0.3) is 22.5 Å². The van der Waals surface area contributed by atoms with Crippen LogP contribution < -0.4 is 16.0 Å². The molecule has 0 bridgehead atoms. The summed E-state index contributed by atoms with van der Waals surface area (Å²) in [6.45, 7) is 5.28. The van der Waals surface area contributed by atoms with Crippen molar-refractivity contribution < 1.29 is 18.3 Å². The number of nitrogens with two attached hydrogens (primary N) is 1. The van der Waals surface area contributed by atoms with E-state index in [0.29, 0.717) is 42.8 Å². The van der Waals surface area contributed by atoms with Crippen LogP contribution in [0.1, 0.15) is 28.4 Å². The third-order valence-electron chi connectivity index (χ3n) is 6.65. The zero-order valence-corrected chi connectivity index (χ0v) is 21.1. The van der Waals surface area contributed by atoms with Crippen molar-refractivity contribution >= 4 is 17.4 Å². The maximum absolute atomic E-state index is 15.1. The van der Waals surface area contributed by atoms with Crippen LogP contribution >= 0.6 is 0 Å². The van der Waals surface area contributed by atoms with E-state index in [2.05, 4.69) is 25.1 Å². The lowest BCUT2D eigenvalue weighted by Crippen LogP contribution is -2.41. The molecule has 3 N–H and O–H groups in total. The molecule has 8 nitrogen and oxygen atoms in total. The van der Waals surface area contributed by atoms with Gasteiger partial charge in [-0.25, -0.2) is 9.37 Å². The van der Waals surface area contributed by atoms with Crippen LogP contribution in [0.4, 0.5) is 20.3 Å². The van der Waals surface area contributed by atoms with Crippen molar-refractivity contribution in [2.45, 2.75) is 26.0 Å². The van der Waals surface area contributed by atoms with Crippen molar-refractivity contribution in [3.8, 4) is 22.5 Å². The van der Waals surface area contributed by atoms with E-state index in [0.717, 1.165) is 24.3 Å². The number of nitrogen functional groups attached to an aromatic ring is 1. The van der Waals surface area contributed by atoms with Gasteiger partial charge in [-0.1, -0.05) is 6.07 Å². The Hall–Kier alpha value is -3.63. The molecule has 5 rings (SSSR count). The van der Waals surface area contributed by atoms with Gasteiger partial charge in [0.2, 0.25) is 5.95 Å². The minimum atomic E-state index is -0.803. The van der Waals surface area contributed by atoms with Gasteiger partial charge in [0.05, 0.1) is 18.3 Å². The molecule has 3 aromatic rings. The molecule has 1 fully saturated rings. The number of carbonyl (C=O) groups excluding carboxylic acids is 1. The van der Waals surface area contributed by atoms with Gasteiger partial charge in [-0.05, 0) is 62.8 Å². The van der Waals surface area contributed by atoms with E-state index < -0.39 is 17.7 Å². The van der Waals surface area contributed by atoms with E-state index in [4.69, 9.17) is 10.5 Å². The second-order valence-electron chi connectivity index (χ2n) is 9.80. The highest BCUT2D eigenvalue weighted by molar-refractivity contribution is 5.97. The molecule has 0 saturated carbocycles. The predicted molar refractivity (Wildman–Crippen MR) is 138 cm³/mol. The maximum Gasteiger partial charge on any atom is 0.254 e. The molecule has 0 unspecified atom stereocenters. The van der Waals surface area contributed by atoms with Gasteiger partial charge in [0, 0.05) is 43.0 Å². The third-order valence-corrected chi connectivity index (χ3v) is 6.65. The minimum Gasteiger partial charge on any atom is -0.382 e. The van der Waals surface area contributed by atoms with Crippen molar-refractivity contribution in [3.63, 3.8) is 0 Å². The van der Waals surface area contributed by atoms with E-state index in [-0.39, 0.29) is 28.9 Å². The summed E-state index contributed by atoms with van der Waals surface area (Å²) in [7, 11) is 3.95. The fourth-order valence-electron chi connectivity index (χ4n) is 5.02. The monoisotopic (exact) mass is 508 g/mol. The third kappa shape index (κ3) is 4.99. The molecule has 0 spiro atoms. The van der Waals surface area contributed by atoms with Gasteiger partial charge >= 0.3 is 0 Å². The van der Waals surface area contributed by atoms with Gasteiger partial charge in [-0.15, -0.1) is 0 Å². The number of morpholine rings is 1. The summed E-state index contributed by atoms with van der Waals surface area (Å²) in [4.78, 5) is 24.9. The number of nitrogens with one attached hydrogen (secondary N) is 1. The molecule has 1 saturated heterocycles. The summed E-state index contributed by atoms with van der Waals surface area (Å²) < 4.78 is 35.7. The summed E-state index contributed by atoms with van der Waals surface area (Å²) in [5.74, 6) is -2.07. The van der Waals surface area contributed by atoms with Crippen molar-refractivity contribution in [1.82, 2.24) is 20.2 Å². The molecule has 1 aromatic heterocycles. The van der Waals surface area contributed by atoms with Gasteiger partial charge in [0.15, 0.2) is 5.82 Å².